The van der Waals surface area contributed by atoms with Crippen molar-refractivity contribution in [2.45, 2.75) is 57.7 Å². The van der Waals surface area contributed by atoms with E-state index in [2.05, 4.69) is 20.7 Å². The summed E-state index contributed by atoms with van der Waals surface area (Å²) in [5.74, 6) is 0.141. The van der Waals surface area contributed by atoms with Gasteiger partial charge in [-0.1, -0.05) is 36.6 Å². The van der Waals surface area contributed by atoms with Gasteiger partial charge in [-0.2, -0.15) is 5.10 Å². The van der Waals surface area contributed by atoms with Gasteiger partial charge in [-0.25, -0.2) is 4.68 Å². The summed E-state index contributed by atoms with van der Waals surface area (Å²) in [5.41, 5.74) is 3.39. The lowest BCUT2D eigenvalue weighted by Crippen LogP contribution is -2.48. The molecular formula is C28H33N7O3. The summed E-state index contributed by atoms with van der Waals surface area (Å²) >= 11 is 0. The normalized spacial score (nSPS) is 14.8. The zero-order valence-corrected chi connectivity index (χ0v) is 22.0. The minimum absolute atomic E-state index is 0.0843. The molecule has 1 fully saturated rings. The van der Waals surface area contributed by atoms with E-state index in [-0.39, 0.29) is 24.4 Å². The van der Waals surface area contributed by atoms with Crippen molar-refractivity contribution in [2.75, 3.05) is 12.0 Å². The molecule has 1 aliphatic carbocycles. The Balaban J connectivity index is 1.57. The molecule has 10 nitrogen and oxygen atoms in total. The first-order chi connectivity index (χ1) is 18.4. The van der Waals surface area contributed by atoms with Crippen molar-refractivity contribution in [1.82, 2.24) is 30.1 Å². The average molecular weight is 516 g/mol. The monoisotopic (exact) mass is 515 g/mol. The highest BCUT2D eigenvalue weighted by Crippen LogP contribution is 2.32. The smallest absolute Gasteiger partial charge is 0.249 e. The summed E-state index contributed by atoms with van der Waals surface area (Å²) in [7, 11) is 3.40. The zero-order chi connectivity index (χ0) is 26.6. The predicted octanol–water partition coefficient (Wildman–Crippen LogP) is 3.71. The number of aromatic nitrogens is 5. The lowest BCUT2D eigenvalue weighted by Gasteiger charge is -2.33. The van der Waals surface area contributed by atoms with E-state index in [0.29, 0.717) is 28.2 Å². The molecule has 1 saturated carbocycles. The van der Waals surface area contributed by atoms with E-state index in [9.17, 15) is 9.59 Å². The lowest BCUT2D eigenvalue weighted by molar-refractivity contribution is -0.127. The topological polar surface area (TPSA) is 107 Å². The molecule has 2 aromatic carbocycles. The molecule has 1 unspecified atom stereocenters. The second-order valence-corrected chi connectivity index (χ2v) is 9.79. The standard InChI is InChI=1S/C28H33N7O3/c1-19-23(17-33(2)31-19)27(28(37)29-20-9-5-4-6-10-20)35(21-13-15-22(38-3)16-14-21)26(36)18-34-25-12-8-7-11-24(25)30-32-34/h7-8,11-17,20,27H,4-6,9-10,18H2,1-3H3,(H,29,37). The second-order valence-electron chi connectivity index (χ2n) is 9.79. The largest absolute Gasteiger partial charge is 0.497 e. The number of carbonyl (C=O) groups is 2. The van der Waals surface area contributed by atoms with Crippen LogP contribution in [0.5, 0.6) is 5.75 Å². The van der Waals surface area contributed by atoms with Crippen molar-refractivity contribution in [3.8, 4) is 5.75 Å². The number of para-hydroxylation sites is 1. The number of ether oxygens (including phenoxy) is 1. The fourth-order valence-corrected chi connectivity index (χ4v) is 5.23. The Labute approximate surface area is 221 Å². The minimum atomic E-state index is -0.915. The van der Waals surface area contributed by atoms with Gasteiger partial charge in [0.25, 0.3) is 0 Å². The lowest BCUT2D eigenvalue weighted by atomic mass is 9.94. The van der Waals surface area contributed by atoms with Gasteiger partial charge in [0.05, 0.1) is 18.3 Å². The fraction of sp³-hybridized carbons (Fsp3) is 0.393. The van der Waals surface area contributed by atoms with Gasteiger partial charge in [0.2, 0.25) is 11.8 Å². The van der Waals surface area contributed by atoms with Crippen molar-refractivity contribution in [3.63, 3.8) is 0 Å². The van der Waals surface area contributed by atoms with Gasteiger partial charge in [0.15, 0.2) is 0 Å². The van der Waals surface area contributed by atoms with Gasteiger partial charge in [-0.05, 0) is 56.2 Å². The maximum absolute atomic E-state index is 14.1. The summed E-state index contributed by atoms with van der Waals surface area (Å²) in [6.45, 7) is 1.77. The molecule has 38 heavy (non-hydrogen) atoms. The number of anilines is 1. The molecule has 10 heteroatoms. The Kier molecular flexibility index (Phi) is 7.39. The van der Waals surface area contributed by atoms with Crippen LogP contribution in [0.3, 0.4) is 0 Å². The number of rotatable bonds is 8. The van der Waals surface area contributed by atoms with Crippen LogP contribution in [0.4, 0.5) is 5.69 Å². The Bertz CT molecular complexity index is 1420. The number of hydrogen-bond donors (Lipinski definition) is 1. The summed E-state index contributed by atoms with van der Waals surface area (Å²) in [6.07, 6.45) is 7.04. The molecule has 198 valence electrons. The number of carbonyl (C=O) groups excluding carboxylic acids is 2. The maximum atomic E-state index is 14.1. The predicted molar refractivity (Wildman–Crippen MR) is 144 cm³/mol. The molecule has 4 aromatic rings. The van der Waals surface area contributed by atoms with Gasteiger partial charge >= 0.3 is 0 Å². The van der Waals surface area contributed by atoms with Crippen LogP contribution in [-0.2, 0) is 23.2 Å². The SMILES string of the molecule is COc1ccc(N(C(=O)Cn2nnc3ccccc32)C(C(=O)NC2CCCCC2)c2cn(C)nc2C)cc1. The number of methoxy groups -OCH3 is 1. The third-order valence-electron chi connectivity index (χ3n) is 7.13. The van der Waals surface area contributed by atoms with Crippen LogP contribution in [-0.4, -0.2) is 49.7 Å². The van der Waals surface area contributed by atoms with E-state index in [1.54, 1.807) is 45.6 Å². The molecular weight excluding hydrogens is 482 g/mol. The average Bonchev–Trinajstić information content (AvgIpc) is 3.49. The molecule has 2 heterocycles. The van der Waals surface area contributed by atoms with E-state index in [1.807, 2.05) is 44.4 Å². The number of hydrogen-bond acceptors (Lipinski definition) is 6. The third-order valence-corrected chi connectivity index (χ3v) is 7.13. The molecule has 0 spiro atoms. The maximum Gasteiger partial charge on any atom is 0.249 e. The molecule has 0 bridgehead atoms. The highest BCUT2D eigenvalue weighted by Gasteiger charge is 2.36. The molecule has 0 aliphatic heterocycles. The Morgan fingerprint density at radius 3 is 2.53 bits per heavy atom. The number of nitrogens with zero attached hydrogens (tertiary/aromatic N) is 6. The third kappa shape index (κ3) is 5.25. The van der Waals surface area contributed by atoms with E-state index >= 15 is 0 Å². The van der Waals surface area contributed by atoms with Gasteiger partial charge in [0.1, 0.15) is 23.9 Å². The number of nitrogens with one attached hydrogen (secondary N) is 1. The van der Waals surface area contributed by atoms with Crippen LogP contribution in [0, 0.1) is 6.92 Å². The van der Waals surface area contributed by atoms with Crippen molar-refractivity contribution >= 4 is 28.5 Å². The van der Waals surface area contributed by atoms with Crippen LogP contribution in [0.2, 0.25) is 0 Å². The molecule has 2 amide bonds. The van der Waals surface area contributed by atoms with Crippen LogP contribution >= 0.6 is 0 Å². The first kappa shape index (κ1) is 25.4. The highest BCUT2D eigenvalue weighted by molar-refractivity contribution is 6.01. The molecule has 0 saturated heterocycles. The Morgan fingerprint density at radius 2 is 1.84 bits per heavy atom. The number of aryl methyl sites for hydroxylation is 2. The van der Waals surface area contributed by atoms with Crippen molar-refractivity contribution in [3.05, 3.63) is 66.0 Å². The van der Waals surface area contributed by atoms with Gasteiger partial charge in [-0.15, -0.1) is 5.10 Å². The number of fused-ring (bicyclic) bond motifs is 1. The zero-order valence-electron chi connectivity index (χ0n) is 22.0. The van der Waals surface area contributed by atoms with Crippen LogP contribution in [0.15, 0.2) is 54.7 Å². The summed E-state index contributed by atoms with van der Waals surface area (Å²) in [6, 6.07) is 13.8. The minimum Gasteiger partial charge on any atom is -0.497 e. The van der Waals surface area contributed by atoms with Crippen LogP contribution in [0.25, 0.3) is 11.0 Å². The first-order valence-electron chi connectivity index (χ1n) is 13.0. The summed E-state index contributed by atoms with van der Waals surface area (Å²) in [4.78, 5) is 29.7. The van der Waals surface area contributed by atoms with Gasteiger partial charge in [-0.3, -0.25) is 19.2 Å². The summed E-state index contributed by atoms with van der Waals surface area (Å²) < 4.78 is 8.58. The van der Waals surface area contributed by atoms with Gasteiger partial charge in [0, 0.05) is 30.5 Å². The van der Waals surface area contributed by atoms with E-state index in [1.165, 1.54) is 6.42 Å². The second kappa shape index (κ2) is 11.0. The van der Waals surface area contributed by atoms with E-state index in [4.69, 9.17) is 4.74 Å². The fourth-order valence-electron chi connectivity index (χ4n) is 5.23. The molecule has 1 atom stereocenters. The van der Waals surface area contributed by atoms with E-state index < -0.39 is 6.04 Å². The first-order valence-corrected chi connectivity index (χ1v) is 13.0. The molecule has 2 aromatic heterocycles. The quantitative estimate of drug-likeness (QED) is 0.383. The Hall–Kier alpha value is -4.21. The highest BCUT2D eigenvalue weighted by atomic mass is 16.5. The number of benzene rings is 2. The molecule has 1 aliphatic rings. The van der Waals surface area contributed by atoms with Crippen molar-refractivity contribution in [1.29, 1.82) is 0 Å². The summed E-state index contributed by atoms with van der Waals surface area (Å²) in [5, 5.41) is 16.1. The van der Waals surface area contributed by atoms with Gasteiger partial charge < -0.3 is 10.1 Å². The Morgan fingerprint density at radius 1 is 1.11 bits per heavy atom. The van der Waals surface area contributed by atoms with Crippen LogP contribution < -0.4 is 15.0 Å². The number of amides is 2. The van der Waals surface area contributed by atoms with Crippen molar-refractivity contribution in [2.24, 2.45) is 7.05 Å². The molecule has 5 rings (SSSR count). The van der Waals surface area contributed by atoms with Crippen molar-refractivity contribution < 1.29 is 14.3 Å². The van der Waals surface area contributed by atoms with E-state index in [0.717, 1.165) is 31.2 Å². The van der Waals surface area contributed by atoms with Crippen LogP contribution in [0.1, 0.15) is 49.4 Å². The molecule has 0 radical (unpaired) electrons. The molecule has 1 N–H and O–H groups in total.